The van der Waals surface area contributed by atoms with Gasteiger partial charge in [-0.1, -0.05) is 19.9 Å². The molecule has 0 atom stereocenters. The fraction of sp³-hybridized carbons (Fsp3) is 0.438. The molecule has 1 N–H and O–H groups in total. The second-order valence-electron chi connectivity index (χ2n) is 5.39. The molecule has 0 fully saturated rings. The third-order valence-electron chi connectivity index (χ3n) is 3.28. The Morgan fingerprint density at radius 2 is 2.15 bits per heavy atom. The first-order valence-corrected chi connectivity index (χ1v) is 7.00. The highest BCUT2D eigenvalue weighted by Crippen LogP contribution is 2.19. The summed E-state index contributed by atoms with van der Waals surface area (Å²) in [6.45, 7) is 8.38. The lowest BCUT2D eigenvalue weighted by Gasteiger charge is -2.09. The normalized spacial score (nSPS) is 11.1. The van der Waals surface area contributed by atoms with Crippen molar-refractivity contribution in [3.63, 3.8) is 0 Å². The molecule has 1 heterocycles. The smallest absolute Gasteiger partial charge is 0.121 e. The Morgan fingerprint density at radius 3 is 2.85 bits per heavy atom. The number of hydrogen-bond acceptors (Lipinski definition) is 3. The number of methoxy groups -OCH3 is 1. The van der Waals surface area contributed by atoms with Crippen molar-refractivity contribution in [2.45, 2.75) is 27.3 Å². The van der Waals surface area contributed by atoms with Gasteiger partial charge in [0.2, 0.25) is 0 Å². The largest absolute Gasteiger partial charge is 0.497 e. The number of benzene rings is 1. The average Bonchev–Trinajstić information content (AvgIpc) is 2.80. The molecule has 0 amide bonds. The van der Waals surface area contributed by atoms with E-state index < -0.39 is 0 Å². The van der Waals surface area contributed by atoms with Gasteiger partial charge in [0, 0.05) is 23.9 Å². The van der Waals surface area contributed by atoms with E-state index >= 15 is 0 Å². The van der Waals surface area contributed by atoms with Crippen LogP contribution in [0.1, 0.15) is 25.1 Å². The molecule has 0 saturated heterocycles. The Bertz CT molecular complexity index is 561. The summed E-state index contributed by atoms with van der Waals surface area (Å²) in [4.78, 5) is 0. The molecule has 0 spiro atoms. The summed E-state index contributed by atoms with van der Waals surface area (Å²) < 4.78 is 7.21. The van der Waals surface area contributed by atoms with Crippen molar-refractivity contribution in [2.24, 2.45) is 5.92 Å². The maximum Gasteiger partial charge on any atom is 0.121 e. The number of ether oxygens (including phenoxy) is 1. The van der Waals surface area contributed by atoms with Crippen molar-refractivity contribution in [2.75, 3.05) is 13.7 Å². The summed E-state index contributed by atoms with van der Waals surface area (Å²) in [6, 6.07) is 7.94. The Kier molecular flexibility index (Phi) is 4.79. The average molecular weight is 273 g/mol. The third-order valence-corrected chi connectivity index (χ3v) is 3.28. The highest BCUT2D eigenvalue weighted by molar-refractivity contribution is 5.40. The summed E-state index contributed by atoms with van der Waals surface area (Å²) in [5.74, 6) is 1.50. The van der Waals surface area contributed by atoms with Crippen LogP contribution in [0.4, 0.5) is 0 Å². The zero-order chi connectivity index (χ0) is 14.5. The van der Waals surface area contributed by atoms with Crippen LogP contribution in [0.3, 0.4) is 0 Å². The number of hydrogen-bond donors (Lipinski definition) is 1. The maximum atomic E-state index is 5.26. The summed E-state index contributed by atoms with van der Waals surface area (Å²) >= 11 is 0. The lowest BCUT2D eigenvalue weighted by molar-refractivity contribution is 0.414. The minimum Gasteiger partial charge on any atom is -0.497 e. The summed E-state index contributed by atoms with van der Waals surface area (Å²) in [5.41, 5.74) is 3.42. The first-order valence-electron chi connectivity index (χ1n) is 7.00. The van der Waals surface area contributed by atoms with E-state index in [1.165, 1.54) is 5.56 Å². The van der Waals surface area contributed by atoms with E-state index in [0.717, 1.165) is 30.2 Å². The topological polar surface area (TPSA) is 39.1 Å². The fourth-order valence-corrected chi connectivity index (χ4v) is 2.12. The first kappa shape index (κ1) is 14.6. The van der Waals surface area contributed by atoms with E-state index in [1.54, 1.807) is 7.11 Å². The van der Waals surface area contributed by atoms with Crippen LogP contribution in [0.5, 0.6) is 5.75 Å². The maximum absolute atomic E-state index is 5.26. The van der Waals surface area contributed by atoms with Gasteiger partial charge in [0.15, 0.2) is 0 Å². The fourth-order valence-electron chi connectivity index (χ4n) is 2.12. The molecule has 108 valence electrons. The molecular formula is C16H23N3O. The number of nitrogens with zero attached hydrogens (tertiary/aromatic N) is 2. The molecule has 0 bridgehead atoms. The van der Waals surface area contributed by atoms with E-state index in [-0.39, 0.29) is 0 Å². The Morgan fingerprint density at radius 1 is 1.35 bits per heavy atom. The molecule has 0 saturated carbocycles. The van der Waals surface area contributed by atoms with Crippen molar-refractivity contribution in [3.8, 4) is 11.4 Å². The minimum atomic E-state index is 0.656. The van der Waals surface area contributed by atoms with Crippen LogP contribution < -0.4 is 10.1 Å². The summed E-state index contributed by atoms with van der Waals surface area (Å²) in [6.07, 6.45) is 1.93. The van der Waals surface area contributed by atoms with Gasteiger partial charge in [0.1, 0.15) is 5.75 Å². The van der Waals surface area contributed by atoms with Crippen LogP contribution in [-0.4, -0.2) is 23.4 Å². The van der Waals surface area contributed by atoms with Gasteiger partial charge in [0.05, 0.1) is 19.0 Å². The van der Waals surface area contributed by atoms with Crippen LogP contribution in [0.15, 0.2) is 30.5 Å². The van der Waals surface area contributed by atoms with Gasteiger partial charge in [-0.05, 0) is 31.5 Å². The molecule has 0 aliphatic heterocycles. The molecule has 4 nitrogen and oxygen atoms in total. The molecule has 0 unspecified atom stereocenters. The van der Waals surface area contributed by atoms with Gasteiger partial charge in [-0.2, -0.15) is 5.10 Å². The zero-order valence-electron chi connectivity index (χ0n) is 12.7. The van der Waals surface area contributed by atoms with E-state index in [2.05, 4.69) is 31.2 Å². The van der Waals surface area contributed by atoms with Gasteiger partial charge >= 0.3 is 0 Å². The second-order valence-corrected chi connectivity index (χ2v) is 5.39. The van der Waals surface area contributed by atoms with Gasteiger partial charge in [0.25, 0.3) is 0 Å². The molecular weight excluding hydrogens is 250 g/mol. The van der Waals surface area contributed by atoms with E-state index in [0.29, 0.717) is 5.92 Å². The molecule has 0 aliphatic rings. The van der Waals surface area contributed by atoms with Crippen LogP contribution in [0, 0.1) is 12.8 Å². The van der Waals surface area contributed by atoms with E-state index in [9.17, 15) is 0 Å². The SMILES string of the molecule is COc1cccc(-n2ncc(CNCC(C)C)c2C)c1. The zero-order valence-corrected chi connectivity index (χ0v) is 12.7. The molecule has 1 aromatic heterocycles. The Hall–Kier alpha value is -1.81. The second kappa shape index (κ2) is 6.57. The lowest BCUT2D eigenvalue weighted by atomic mass is 10.2. The Labute approximate surface area is 120 Å². The van der Waals surface area contributed by atoms with Crippen LogP contribution >= 0.6 is 0 Å². The first-order chi connectivity index (χ1) is 9.61. The number of aromatic nitrogens is 2. The predicted molar refractivity (Wildman–Crippen MR) is 81.4 cm³/mol. The predicted octanol–water partition coefficient (Wildman–Crippen LogP) is 2.93. The minimum absolute atomic E-state index is 0.656. The monoisotopic (exact) mass is 273 g/mol. The quantitative estimate of drug-likeness (QED) is 0.879. The van der Waals surface area contributed by atoms with Crippen LogP contribution in [0.2, 0.25) is 0 Å². The van der Waals surface area contributed by atoms with Gasteiger partial charge < -0.3 is 10.1 Å². The summed E-state index contributed by atoms with van der Waals surface area (Å²) in [5, 5.41) is 7.93. The van der Waals surface area contributed by atoms with E-state index in [1.807, 2.05) is 35.1 Å². The van der Waals surface area contributed by atoms with Gasteiger partial charge in [-0.25, -0.2) is 4.68 Å². The highest BCUT2D eigenvalue weighted by atomic mass is 16.5. The third kappa shape index (κ3) is 3.39. The van der Waals surface area contributed by atoms with Crippen molar-refractivity contribution < 1.29 is 4.74 Å². The summed E-state index contributed by atoms with van der Waals surface area (Å²) in [7, 11) is 1.68. The molecule has 2 aromatic rings. The van der Waals surface area contributed by atoms with Gasteiger partial charge in [-0.3, -0.25) is 0 Å². The van der Waals surface area contributed by atoms with Crippen molar-refractivity contribution in [1.29, 1.82) is 0 Å². The molecule has 1 aromatic carbocycles. The van der Waals surface area contributed by atoms with Gasteiger partial charge in [-0.15, -0.1) is 0 Å². The number of nitrogens with one attached hydrogen (secondary N) is 1. The van der Waals surface area contributed by atoms with Crippen molar-refractivity contribution in [3.05, 3.63) is 41.7 Å². The Balaban J connectivity index is 2.15. The highest BCUT2D eigenvalue weighted by Gasteiger charge is 2.08. The standard InChI is InChI=1S/C16H23N3O/c1-12(2)9-17-10-14-11-18-19(13(14)3)15-6-5-7-16(8-15)20-4/h5-8,11-12,17H,9-10H2,1-4H3. The van der Waals surface area contributed by atoms with Crippen LogP contribution in [0.25, 0.3) is 5.69 Å². The lowest BCUT2D eigenvalue weighted by Crippen LogP contribution is -2.19. The molecule has 20 heavy (non-hydrogen) atoms. The molecule has 4 heteroatoms. The van der Waals surface area contributed by atoms with Crippen molar-refractivity contribution >= 4 is 0 Å². The van der Waals surface area contributed by atoms with E-state index in [4.69, 9.17) is 4.74 Å². The van der Waals surface area contributed by atoms with Crippen LogP contribution in [-0.2, 0) is 6.54 Å². The molecule has 0 radical (unpaired) electrons. The van der Waals surface area contributed by atoms with Crippen molar-refractivity contribution in [1.82, 2.24) is 15.1 Å². The number of rotatable bonds is 6. The molecule has 0 aliphatic carbocycles. The molecule has 2 rings (SSSR count).